The SMILES string of the molecule is CCCOc1ccc(CC(=O)O)cc1-c1cc(-c2cccc(OC)c2OC)n(Cc2ccccc2)n1. The first-order valence-electron chi connectivity index (χ1n) is 11.8. The molecular weight excluding hydrogens is 456 g/mol. The molecule has 0 unspecified atom stereocenters. The van der Waals surface area contributed by atoms with E-state index in [1.807, 2.05) is 66.2 Å². The van der Waals surface area contributed by atoms with Gasteiger partial charge in [0.2, 0.25) is 0 Å². The summed E-state index contributed by atoms with van der Waals surface area (Å²) in [6.07, 6.45) is 0.771. The van der Waals surface area contributed by atoms with Crippen LogP contribution in [0.3, 0.4) is 0 Å². The maximum atomic E-state index is 11.4. The molecule has 0 spiro atoms. The summed E-state index contributed by atoms with van der Waals surface area (Å²) >= 11 is 0. The molecule has 0 radical (unpaired) electrons. The van der Waals surface area contributed by atoms with Crippen LogP contribution in [0.25, 0.3) is 22.5 Å². The Labute approximate surface area is 210 Å². The van der Waals surface area contributed by atoms with Gasteiger partial charge in [0.05, 0.1) is 45.2 Å². The van der Waals surface area contributed by atoms with Crippen LogP contribution in [0.1, 0.15) is 24.5 Å². The number of hydrogen-bond acceptors (Lipinski definition) is 5. The summed E-state index contributed by atoms with van der Waals surface area (Å²) in [6.45, 7) is 3.13. The Hall–Kier alpha value is -4.26. The molecule has 0 bridgehead atoms. The molecule has 0 atom stereocenters. The average Bonchev–Trinajstić information content (AvgIpc) is 3.30. The number of aromatic nitrogens is 2. The van der Waals surface area contributed by atoms with Gasteiger partial charge in [-0.05, 0) is 47.9 Å². The quantitative estimate of drug-likeness (QED) is 0.293. The lowest BCUT2D eigenvalue weighted by molar-refractivity contribution is -0.136. The molecule has 4 rings (SSSR count). The van der Waals surface area contributed by atoms with E-state index in [9.17, 15) is 9.90 Å². The largest absolute Gasteiger partial charge is 0.493 e. The van der Waals surface area contributed by atoms with Gasteiger partial charge in [-0.15, -0.1) is 0 Å². The van der Waals surface area contributed by atoms with Crippen LogP contribution in [0, 0.1) is 0 Å². The number of carbonyl (C=O) groups is 1. The number of nitrogens with zero attached hydrogens (tertiary/aromatic N) is 2. The maximum Gasteiger partial charge on any atom is 0.307 e. The highest BCUT2D eigenvalue weighted by atomic mass is 16.5. The number of hydrogen-bond donors (Lipinski definition) is 1. The molecule has 0 fully saturated rings. The monoisotopic (exact) mass is 486 g/mol. The molecular formula is C29H30N2O5. The summed E-state index contributed by atoms with van der Waals surface area (Å²) in [5.74, 6) is 1.02. The van der Waals surface area contributed by atoms with Crippen molar-refractivity contribution in [3.8, 4) is 39.8 Å². The highest BCUT2D eigenvalue weighted by Crippen LogP contribution is 2.40. The van der Waals surface area contributed by atoms with Gasteiger partial charge in [0.1, 0.15) is 5.75 Å². The third kappa shape index (κ3) is 5.51. The van der Waals surface area contributed by atoms with E-state index < -0.39 is 5.97 Å². The van der Waals surface area contributed by atoms with Crippen molar-refractivity contribution in [3.05, 3.63) is 83.9 Å². The first kappa shape index (κ1) is 24.9. The molecule has 4 aromatic rings. The summed E-state index contributed by atoms with van der Waals surface area (Å²) in [7, 11) is 3.23. The number of rotatable bonds is 11. The van der Waals surface area contributed by atoms with Crippen molar-refractivity contribution in [1.82, 2.24) is 9.78 Å². The Morgan fingerprint density at radius 1 is 0.889 bits per heavy atom. The molecule has 0 saturated heterocycles. The van der Waals surface area contributed by atoms with E-state index >= 15 is 0 Å². The van der Waals surface area contributed by atoms with E-state index in [4.69, 9.17) is 19.3 Å². The van der Waals surface area contributed by atoms with Crippen molar-refractivity contribution in [2.45, 2.75) is 26.3 Å². The number of carboxylic acids is 1. The van der Waals surface area contributed by atoms with Gasteiger partial charge in [0, 0.05) is 11.1 Å². The fraction of sp³-hybridized carbons (Fsp3) is 0.241. The third-order valence-electron chi connectivity index (χ3n) is 5.77. The Bertz CT molecular complexity index is 1330. The topological polar surface area (TPSA) is 82.8 Å². The first-order chi connectivity index (χ1) is 17.5. The van der Waals surface area contributed by atoms with Crippen LogP contribution < -0.4 is 14.2 Å². The molecule has 0 aliphatic carbocycles. The van der Waals surface area contributed by atoms with E-state index in [-0.39, 0.29) is 6.42 Å². The molecule has 186 valence electrons. The Kier molecular flexibility index (Phi) is 7.90. The lowest BCUT2D eigenvalue weighted by Gasteiger charge is -2.14. The van der Waals surface area contributed by atoms with Crippen LogP contribution in [0.4, 0.5) is 0 Å². The molecule has 0 aliphatic heterocycles. The molecule has 36 heavy (non-hydrogen) atoms. The van der Waals surface area contributed by atoms with E-state index in [2.05, 4.69) is 12.1 Å². The summed E-state index contributed by atoms with van der Waals surface area (Å²) in [5, 5.41) is 14.3. The van der Waals surface area contributed by atoms with Crippen LogP contribution in [-0.4, -0.2) is 41.7 Å². The van der Waals surface area contributed by atoms with Crippen molar-refractivity contribution in [2.75, 3.05) is 20.8 Å². The van der Waals surface area contributed by atoms with Crippen LogP contribution in [0.2, 0.25) is 0 Å². The smallest absolute Gasteiger partial charge is 0.307 e. The van der Waals surface area contributed by atoms with E-state index in [0.717, 1.165) is 28.8 Å². The number of ether oxygens (including phenoxy) is 3. The summed E-state index contributed by atoms with van der Waals surface area (Å²) < 4.78 is 19.2. The van der Waals surface area contributed by atoms with Crippen LogP contribution in [0.15, 0.2) is 72.8 Å². The molecule has 7 nitrogen and oxygen atoms in total. The molecule has 3 aromatic carbocycles. The van der Waals surface area contributed by atoms with Gasteiger partial charge >= 0.3 is 5.97 Å². The van der Waals surface area contributed by atoms with Crippen molar-refractivity contribution in [1.29, 1.82) is 0 Å². The van der Waals surface area contributed by atoms with Gasteiger partial charge < -0.3 is 19.3 Å². The van der Waals surface area contributed by atoms with Crippen LogP contribution in [-0.2, 0) is 17.8 Å². The van der Waals surface area contributed by atoms with Gasteiger partial charge in [-0.3, -0.25) is 9.48 Å². The minimum atomic E-state index is -0.889. The Balaban J connectivity index is 1.89. The molecule has 1 heterocycles. The zero-order valence-corrected chi connectivity index (χ0v) is 20.7. The lowest BCUT2D eigenvalue weighted by Crippen LogP contribution is -2.05. The fourth-order valence-electron chi connectivity index (χ4n) is 4.13. The van der Waals surface area contributed by atoms with Crippen LogP contribution >= 0.6 is 0 Å². The van der Waals surface area contributed by atoms with Crippen molar-refractivity contribution in [2.24, 2.45) is 0 Å². The summed E-state index contributed by atoms with van der Waals surface area (Å²) in [6, 6.07) is 23.3. The second kappa shape index (κ2) is 11.4. The summed E-state index contributed by atoms with van der Waals surface area (Å²) in [4.78, 5) is 11.4. The van der Waals surface area contributed by atoms with Crippen molar-refractivity contribution >= 4 is 5.97 Å². The predicted octanol–water partition coefficient (Wildman–Crippen LogP) is 5.70. The Morgan fingerprint density at radius 3 is 2.39 bits per heavy atom. The standard InChI is InChI=1S/C29H30N2O5/c1-4-15-36-26-14-13-21(17-28(32)33)16-23(26)24-18-25(22-11-8-12-27(34-2)29(22)35-3)31(30-24)19-20-9-6-5-7-10-20/h5-14,16,18H,4,15,17,19H2,1-3H3,(H,32,33). The second-order valence-electron chi connectivity index (χ2n) is 8.35. The second-order valence-corrected chi connectivity index (χ2v) is 8.35. The first-order valence-corrected chi connectivity index (χ1v) is 11.8. The average molecular weight is 487 g/mol. The van der Waals surface area contributed by atoms with Crippen molar-refractivity contribution in [3.63, 3.8) is 0 Å². The Morgan fingerprint density at radius 2 is 1.69 bits per heavy atom. The number of benzene rings is 3. The minimum Gasteiger partial charge on any atom is -0.493 e. The molecule has 0 aliphatic rings. The summed E-state index contributed by atoms with van der Waals surface area (Å²) in [5.41, 5.74) is 4.89. The zero-order chi connectivity index (χ0) is 25.5. The number of para-hydroxylation sites is 1. The molecule has 0 saturated carbocycles. The highest BCUT2D eigenvalue weighted by Gasteiger charge is 2.20. The normalized spacial score (nSPS) is 10.8. The molecule has 7 heteroatoms. The number of carboxylic acid groups (broad SMARTS) is 1. The van der Waals surface area contributed by atoms with Gasteiger partial charge in [-0.2, -0.15) is 5.10 Å². The zero-order valence-electron chi connectivity index (χ0n) is 20.7. The fourth-order valence-corrected chi connectivity index (χ4v) is 4.13. The lowest BCUT2D eigenvalue weighted by atomic mass is 10.0. The van der Waals surface area contributed by atoms with E-state index in [0.29, 0.717) is 41.7 Å². The van der Waals surface area contributed by atoms with Gasteiger partial charge in [-0.1, -0.05) is 49.4 Å². The van der Waals surface area contributed by atoms with Gasteiger partial charge in [-0.25, -0.2) is 0 Å². The number of methoxy groups -OCH3 is 2. The third-order valence-corrected chi connectivity index (χ3v) is 5.77. The van der Waals surface area contributed by atoms with E-state index in [1.54, 1.807) is 20.3 Å². The highest BCUT2D eigenvalue weighted by molar-refractivity contribution is 5.78. The van der Waals surface area contributed by atoms with Gasteiger partial charge in [0.25, 0.3) is 0 Å². The van der Waals surface area contributed by atoms with Gasteiger partial charge in [0.15, 0.2) is 11.5 Å². The molecule has 1 N–H and O–H groups in total. The minimum absolute atomic E-state index is 0.0810. The van der Waals surface area contributed by atoms with Crippen molar-refractivity contribution < 1.29 is 24.1 Å². The predicted molar refractivity (Wildman–Crippen MR) is 139 cm³/mol. The van der Waals surface area contributed by atoms with Crippen LogP contribution in [0.5, 0.6) is 17.2 Å². The molecule has 1 aromatic heterocycles. The number of aliphatic carboxylic acids is 1. The molecule has 0 amide bonds. The van der Waals surface area contributed by atoms with E-state index in [1.165, 1.54) is 0 Å². The maximum absolute atomic E-state index is 11.4.